The van der Waals surface area contributed by atoms with E-state index in [4.69, 9.17) is 4.42 Å². The van der Waals surface area contributed by atoms with Crippen LogP contribution in [0.15, 0.2) is 35.1 Å². The molecule has 0 aliphatic rings. The molecule has 6 nitrogen and oxygen atoms in total. The first-order chi connectivity index (χ1) is 10.5. The Kier molecular flexibility index (Phi) is 4.93. The van der Waals surface area contributed by atoms with E-state index >= 15 is 0 Å². The predicted octanol–water partition coefficient (Wildman–Crippen LogP) is 1.96. The Morgan fingerprint density at radius 1 is 1.36 bits per heavy atom. The lowest BCUT2D eigenvalue weighted by molar-refractivity contribution is -0.141. The van der Waals surface area contributed by atoms with Crippen LogP contribution in [0.2, 0.25) is 0 Å². The van der Waals surface area contributed by atoms with Gasteiger partial charge in [0, 0.05) is 6.54 Å². The molecule has 2 rings (SSSR count). The van der Waals surface area contributed by atoms with E-state index < -0.39 is 17.8 Å². The molecule has 0 saturated carbocycles. The topological polar surface area (TPSA) is 92.4 Å². The molecule has 0 aliphatic carbocycles. The number of aliphatic carboxylic acids is 1. The highest BCUT2D eigenvalue weighted by Gasteiger charge is 2.21. The summed E-state index contributed by atoms with van der Waals surface area (Å²) in [5, 5.41) is 11.9. The third kappa shape index (κ3) is 3.94. The molecule has 1 unspecified atom stereocenters. The minimum absolute atomic E-state index is 0.0300. The number of carbonyl (C=O) groups excluding carboxylic acids is 1. The number of aryl methyl sites for hydroxylation is 2. The molecule has 2 N–H and O–H groups in total. The molecule has 1 atom stereocenters. The van der Waals surface area contributed by atoms with Crippen LogP contribution in [-0.4, -0.2) is 28.5 Å². The van der Waals surface area contributed by atoms with E-state index in [9.17, 15) is 14.7 Å². The summed E-state index contributed by atoms with van der Waals surface area (Å²) >= 11 is 0. The molecule has 0 aliphatic heterocycles. The second kappa shape index (κ2) is 6.89. The fourth-order valence-electron chi connectivity index (χ4n) is 2.19. The number of carbonyl (C=O) groups is 2. The lowest BCUT2D eigenvalue weighted by atomic mass is 9.98. The monoisotopic (exact) mass is 302 g/mol. The van der Waals surface area contributed by atoms with E-state index in [2.05, 4.69) is 10.3 Å². The molecule has 0 fully saturated rings. The minimum atomic E-state index is -0.948. The van der Waals surface area contributed by atoms with Gasteiger partial charge in [0.25, 0.3) is 5.91 Å². The summed E-state index contributed by atoms with van der Waals surface area (Å²) < 4.78 is 4.98. The van der Waals surface area contributed by atoms with E-state index in [1.807, 2.05) is 31.2 Å². The lowest BCUT2D eigenvalue weighted by Gasteiger charge is -2.13. The highest BCUT2D eigenvalue weighted by Crippen LogP contribution is 2.11. The number of benzene rings is 1. The molecule has 1 heterocycles. The molecule has 116 valence electrons. The van der Waals surface area contributed by atoms with Crippen molar-refractivity contribution in [3.63, 3.8) is 0 Å². The van der Waals surface area contributed by atoms with Gasteiger partial charge in [0.1, 0.15) is 0 Å². The molecular formula is C16H18N2O4. The van der Waals surface area contributed by atoms with Gasteiger partial charge in [-0.1, -0.05) is 29.8 Å². The van der Waals surface area contributed by atoms with Crippen LogP contribution in [0.4, 0.5) is 0 Å². The van der Waals surface area contributed by atoms with Gasteiger partial charge in [-0.2, -0.15) is 0 Å². The summed E-state index contributed by atoms with van der Waals surface area (Å²) in [6.07, 6.45) is 1.54. The van der Waals surface area contributed by atoms with Crippen molar-refractivity contribution in [2.75, 3.05) is 6.54 Å². The summed E-state index contributed by atoms with van der Waals surface area (Å²) in [6, 6.07) is 7.66. The Morgan fingerprint density at radius 2 is 2.14 bits per heavy atom. The maximum absolute atomic E-state index is 11.9. The number of nitrogens with one attached hydrogen (secondary N) is 1. The average molecular weight is 302 g/mol. The predicted molar refractivity (Wildman–Crippen MR) is 79.6 cm³/mol. The van der Waals surface area contributed by atoms with Gasteiger partial charge in [-0.3, -0.25) is 9.59 Å². The first-order valence-electron chi connectivity index (χ1n) is 6.94. The number of carboxylic acid groups (broad SMARTS) is 1. The fourth-order valence-corrected chi connectivity index (χ4v) is 2.19. The van der Waals surface area contributed by atoms with Crippen molar-refractivity contribution < 1.29 is 19.1 Å². The molecule has 1 aromatic carbocycles. The van der Waals surface area contributed by atoms with Gasteiger partial charge in [-0.25, -0.2) is 4.98 Å². The number of amides is 1. The minimum Gasteiger partial charge on any atom is -0.481 e. The van der Waals surface area contributed by atoms with Crippen LogP contribution in [-0.2, 0) is 11.2 Å². The summed E-state index contributed by atoms with van der Waals surface area (Å²) in [7, 11) is 0. The van der Waals surface area contributed by atoms with Crippen LogP contribution in [0.5, 0.6) is 0 Å². The number of oxazole rings is 1. The van der Waals surface area contributed by atoms with Crippen molar-refractivity contribution in [2.45, 2.75) is 20.3 Å². The summed E-state index contributed by atoms with van der Waals surface area (Å²) in [5.41, 5.74) is 2.48. The van der Waals surface area contributed by atoms with Crippen LogP contribution in [0.3, 0.4) is 0 Å². The third-order valence-electron chi connectivity index (χ3n) is 3.37. The Balaban J connectivity index is 1.99. The van der Waals surface area contributed by atoms with Gasteiger partial charge in [-0.05, 0) is 25.8 Å². The van der Waals surface area contributed by atoms with E-state index in [0.29, 0.717) is 12.1 Å². The zero-order valence-corrected chi connectivity index (χ0v) is 12.5. The van der Waals surface area contributed by atoms with Gasteiger partial charge in [-0.15, -0.1) is 0 Å². The highest BCUT2D eigenvalue weighted by atomic mass is 16.4. The van der Waals surface area contributed by atoms with Gasteiger partial charge < -0.3 is 14.8 Å². The molecule has 0 bridgehead atoms. The number of carboxylic acids is 1. The second-order valence-corrected chi connectivity index (χ2v) is 5.21. The Bertz CT molecular complexity index is 678. The van der Waals surface area contributed by atoms with Crippen molar-refractivity contribution in [3.05, 3.63) is 53.2 Å². The van der Waals surface area contributed by atoms with Crippen LogP contribution in [0.25, 0.3) is 0 Å². The van der Waals surface area contributed by atoms with Crippen LogP contribution < -0.4 is 5.32 Å². The molecule has 0 radical (unpaired) electrons. The molecule has 0 spiro atoms. The highest BCUT2D eigenvalue weighted by molar-refractivity contribution is 5.92. The van der Waals surface area contributed by atoms with Crippen molar-refractivity contribution in [3.8, 4) is 0 Å². The largest absolute Gasteiger partial charge is 0.481 e. The van der Waals surface area contributed by atoms with Gasteiger partial charge in [0.05, 0.1) is 11.6 Å². The molecule has 6 heteroatoms. The first-order valence-corrected chi connectivity index (χ1v) is 6.94. The van der Waals surface area contributed by atoms with Crippen LogP contribution >= 0.6 is 0 Å². The zero-order valence-electron chi connectivity index (χ0n) is 12.5. The fraction of sp³-hybridized carbons (Fsp3) is 0.312. The normalized spacial score (nSPS) is 11.9. The van der Waals surface area contributed by atoms with E-state index in [1.165, 1.54) is 6.39 Å². The maximum atomic E-state index is 11.9. The van der Waals surface area contributed by atoms with Crippen molar-refractivity contribution in [2.24, 2.45) is 5.92 Å². The van der Waals surface area contributed by atoms with Gasteiger partial charge in [0.15, 0.2) is 6.39 Å². The van der Waals surface area contributed by atoms with Crippen molar-refractivity contribution in [1.82, 2.24) is 10.3 Å². The number of aromatic nitrogens is 1. The molecule has 1 aromatic heterocycles. The number of hydrogen-bond donors (Lipinski definition) is 2. The van der Waals surface area contributed by atoms with E-state index in [0.717, 1.165) is 11.1 Å². The summed E-state index contributed by atoms with van der Waals surface area (Å²) in [5.74, 6) is -1.99. The van der Waals surface area contributed by atoms with E-state index in [-0.39, 0.29) is 12.3 Å². The summed E-state index contributed by atoms with van der Waals surface area (Å²) in [6.45, 7) is 3.63. The van der Waals surface area contributed by atoms with E-state index in [1.54, 1.807) is 6.92 Å². The summed E-state index contributed by atoms with van der Waals surface area (Å²) in [4.78, 5) is 27.1. The molecule has 1 amide bonds. The third-order valence-corrected chi connectivity index (χ3v) is 3.37. The van der Waals surface area contributed by atoms with Crippen LogP contribution in [0.1, 0.15) is 27.4 Å². The average Bonchev–Trinajstić information content (AvgIpc) is 2.89. The quantitative estimate of drug-likeness (QED) is 0.851. The number of rotatable bonds is 6. The number of nitrogens with zero attached hydrogens (tertiary/aromatic N) is 1. The van der Waals surface area contributed by atoms with Crippen LogP contribution in [0, 0.1) is 19.8 Å². The lowest BCUT2D eigenvalue weighted by Crippen LogP contribution is -2.34. The Labute approximate surface area is 128 Å². The van der Waals surface area contributed by atoms with Gasteiger partial charge >= 0.3 is 5.97 Å². The van der Waals surface area contributed by atoms with Crippen molar-refractivity contribution >= 4 is 11.9 Å². The smallest absolute Gasteiger partial charge is 0.308 e. The van der Waals surface area contributed by atoms with Crippen molar-refractivity contribution in [1.29, 1.82) is 0 Å². The Morgan fingerprint density at radius 3 is 2.73 bits per heavy atom. The standard InChI is InChI=1S/C16H18N2O4/c1-10-4-3-5-12(6-10)7-13(16(20)21)8-17-15(19)14-11(2)18-9-22-14/h3-6,9,13H,7-8H2,1-2H3,(H,17,19)(H,20,21). The Hall–Kier alpha value is -2.63. The molecular weight excluding hydrogens is 284 g/mol. The molecule has 0 saturated heterocycles. The molecule has 2 aromatic rings. The maximum Gasteiger partial charge on any atom is 0.308 e. The number of hydrogen-bond acceptors (Lipinski definition) is 4. The molecule has 22 heavy (non-hydrogen) atoms. The second-order valence-electron chi connectivity index (χ2n) is 5.21. The first kappa shape index (κ1) is 15.8. The zero-order chi connectivity index (χ0) is 16.1. The van der Waals surface area contributed by atoms with Gasteiger partial charge in [0.2, 0.25) is 5.76 Å². The SMILES string of the molecule is Cc1cccc(CC(CNC(=O)c2ocnc2C)C(=O)O)c1.